The van der Waals surface area contributed by atoms with Gasteiger partial charge in [-0.2, -0.15) is 25.8 Å². The van der Waals surface area contributed by atoms with E-state index in [-0.39, 0.29) is 11.4 Å². The molecular weight excluding hydrogens is 421 g/mol. The van der Waals surface area contributed by atoms with Crippen LogP contribution in [0.3, 0.4) is 0 Å². The fourth-order valence-corrected chi connectivity index (χ4v) is 4.42. The SMILES string of the molecule is C/C=C(\C=C/S)CSc1nnc2n1C=CN(C1CC=CC(C(F)(F)F)=C1C)C2O. The summed E-state index contributed by atoms with van der Waals surface area (Å²) < 4.78 is 41.4. The molecule has 1 aliphatic heterocycles. The number of aromatic nitrogens is 3. The third-order valence-corrected chi connectivity index (χ3v) is 6.02. The number of hydrogen-bond donors (Lipinski definition) is 2. The van der Waals surface area contributed by atoms with Crippen molar-refractivity contribution < 1.29 is 18.3 Å². The molecule has 5 nitrogen and oxygen atoms in total. The standard InChI is InChI=1S/C19H21F3N4OS2/c1-3-13(7-10-28)11-29-18-24-23-16-17(27)25(8-9-26(16)18)15-6-4-5-14(12(15)2)19(20,21)22/h3-5,7-10,15,17,27-28H,6,11H2,1-2H3/b10-7-,13-3+. The minimum Gasteiger partial charge on any atom is -0.367 e. The van der Waals surface area contributed by atoms with Crippen LogP contribution in [-0.2, 0) is 0 Å². The van der Waals surface area contributed by atoms with Gasteiger partial charge in [-0.1, -0.05) is 36.1 Å². The molecule has 0 saturated heterocycles. The Labute approximate surface area is 176 Å². The van der Waals surface area contributed by atoms with Gasteiger partial charge in [-0.15, -0.1) is 10.2 Å². The molecule has 0 saturated carbocycles. The zero-order valence-corrected chi connectivity index (χ0v) is 17.5. The molecule has 0 aromatic carbocycles. The lowest BCUT2D eigenvalue weighted by Crippen LogP contribution is -2.40. The molecular formula is C19H21F3N4OS2. The number of aliphatic hydroxyl groups is 1. The summed E-state index contributed by atoms with van der Waals surface area (Å²) in [4.78, 5) is 1.49. The maximum Gasteiger partial charge on any atom is 0.416 e. The van der Waals surface area contributed by atoms with Crippen LogP contribution >= 0.6 is 24.4 Å². The van der Waals surface area contributed by atoms with E-state index in [1.165, 1.54) is 29.7 Å². The quantitative estimate of drug-likeness (QED) is 0.393. The summed E-state index contributed by atoms with van der Waals surface area (Å²) in [5, 5.41) is 21.2. The first-order valence-corrected chi connectivity index (χ1v) is 10.4. The summed E-state index contributed by atoms with van der Waals surface area (Å²) in [7, 11) is 0. The van der Waals surface area contributed by atoms with Gasteiger partial charge >= 0.3 is 6.18 Å². The Morgan fingerprint density at radius 1 is 1.38 bits per heavy atom. The summed E-state index contributed by atoms with van der Waals surface area (Å²) >= 11 is 5.52. The predicted molar refractivity (Wildman–Crippen MR) is 111 cm³/mol. The van der Waals surface area contributed by atoms with Crippen molar-refractivity contribution in [1.82, 2.24) is 19.7 Å². The van der Waals surface area contributed by atoms with Crippen LogP contribution in [0.4, 0.5) is 13.2 Å². The summed E-state index contributed by atoms with van der Waals surface area (Å²) in [6.45, 7) is 3.37. The number of nitrogens with zero attached hydrogens (tertiary/aromatic N) is 4. The normalized spacial score (nSPS) is 22.7. The van der Waals surface area contributed by atoms with Crippen molar-refractivity contribution in [3.8, 4) is 0 Å². The van der Waals surface area contributed by atoms with E-state index in [0.29, 0.717) is 17.3 Å². The second-order valence-electron chi connectivity index (χ2n) is 6.55. The average molecular weight is 443 g/mol. The maximum atomic E-state index is 13.3. The van der Waals surface area contributed by atoms with Crippen molar-refractivity contribution >= 4 is 30.6 Å². The van der Waals surface area contributed by atoms with Gasteiger partial charge in [0.1, 0.15) is 0 Å². The van der Waals surface area contributed by atoms with Gasteiger partial charge < -0.3 is 10.0 Å². The zero-order valence-electron chi connectivity index (χ0n) is 15.8. The highest BCUT2D eigenvalue weighted by Gasteiger charge is 2.39. The van der Waals surface area contributed by atoms with E-state index in [1.807, 2.05) is 19.1 Å². The molecule has 2 unspecified atom stereocenters. The molecule has 0 radical (unpaired) electrons. The summed E-state index contributed by atoms with van der Waals surface area (Å²) in [5.41, 5.74) is 0.551. The van der Waals surface area contributed by atoms with E-state index >= 15 is 0 Å². The number of aliphatic hydroxyl groups excluding tert-OH is 1. The minimum absolute atomic E-state index is 0.169. The van der Waals surface area contributed by atoms with Gasteiger partial charge in [0, 0.05) is 18.2 Å². The van der Waals surface area contributed by atoms with Crippen LogP contribution in [0, 0.1) is 0 Å². The first-order chi connectivity index (χ1) is 13.8. The Bertz CT molecular complexity index is 915. The molecule has 0 fully saturated rings. The molecule has 0 spiro atoms. The molecule has 1 N–H and O–H groups in total. The molecule has 1 aromatic heterocycles. The lowest BCUT2D eigenvalue weighted by Gasteiger charge is -2.38. The number of halogens is 3. The predicted octanol–water partition coefficient (Wildman–Crippen LogP) is 4.70. The van der Waals surface area contributed by atoms with E-state index < -0.39 is 24.0 Å². The summed E-state index contributed by atoms with van der Waals surface area (Å²) in [6, 6.07) is -0.611. The second kappa shape index (κ2) is 8.85. The van der Waals surface area contributed by atoms with Crippen molar-refractivity contribution in [3.63, 3.8) is 0 Å². The number of rotatable bonds is 5. The molecule has 0 bridgehead atoms. The number of allylic oxidation sites excluding steroid dienone is 4. The van der Waals surface area contributed by atoms with Crippen molar-refractivity contribution in [3.05, 3.63) is 58.5 Å². The fraction of sp³-hybridized carbons (Fsp3) is 0.368. The van der Waals surface area contributed by atoms with Crippen LogP contribution in [0.25, 0.3) is 6.20 Å². The molecule has 156 valence electrons. The Morgan fingerprint density at radius 2 is 2.14 bits per heavy atom. The van der Waals surface area contributed by atoms with Crippen molar-refractivity contribution in [2.45, 2.75) is 43.9 Å². The Kier molecular flexibility index (Phi) is 6.65. The molecule has 2 heterocycles. The minimum atomic E-state index is -4.43. The van der Waals surface area contributed by atoms with E-state index in [0.717, 1.165) is 11.6 Å². The van der Waals surface area contributed by atoms with Gasteiger partial charge in [-0.05, 0) is 36.8 Å². The first kappa shape index (κ1) is 21.8. The molecule has 3 rings (SSSR count). The Balaban J connectivity index is 1.82. The third-order valence-electron chi connectivity index (χ3n) is 4.85. The topological polar surface area (TPSA) is 54.2 Å². The molecule has 29 heavy (non-hydrogen) atoms. The van der Waals surface area contributed by atoms with E-state index in [4.69, 9.17) is 0 Å². The number of thiol groups is 1. The zero-order chi connectivity index (χ0) is 21.2. The largest absolute Gasteiger partial charge is 0.416 e. The monoisotopic (exact) mass is 442 g/mol. The number of thioether (sulfide) groups is 1. The van der Waals surface area contributed by atoms with Gasteiger partial charge in [0.25, 0.3) is 0 Å². The lowest BCUT2D eigenvalue weighted by atomic mass is 9.92. The van der Waals surface area contributed by atoms with Crippen LogP contribution in [0.5, 0.6) is 0 Å². The van der Waals surface area contributed by atoms with Gasteiger partial charge in [0.05, 0.1) is 11.6 Å². The smallest absolute Gasteiger partial charge is 0.367 e. The molecule has 1 aliphatic carbocycles. The van der Waals surface area contributed by atoms with Gasteiger partial charge in [-0.3, -0.25) is 4.57 Å². The molecule has 2 atom stereocenters. The molecule has 0 amide bonds. The Morgan fingerprint density at radius 3 is 2.79 bits per heavy atom. The Hall–Kier alpha value is -1.91. The number of fused-ring (bicyclic) bond motifs is 1. The lowest BCUT2D eigenvalue weighted by molar-refractivity contribution is -0.0905. The summed E-state index contributed by atoms with van der Waals surface area (Å²) in [5.74, 6) is 0.918. The molecule has 10 heteroatoms. The summed E-state index contributed by atoms with van der Waals surface area (Å²) in [6.07, 6.45) is 4.42. The van der Waals surface area contributed by atoms with Crippen LogP contribution in [0.1, 0.15) is 32.3 Å². The van der Waals surface area contributed by atoms with Crippen LogP contribution in [0.2, 0.25) is 0 Å². The van der Waals surface area contributed by atoms with E-state index in [1.54, 1.807) is 22.4 Å². The van der Waals surface area contributed by atoms with Crippen molar-refractivity contribution in [2.75, 3.05) is 5.75 Å². The van der Waals surface area contributed by atoms with Crippen LogP contribution < -0.4 is 0 Å². The highest BCUT2D eigenvalue weighted by atomic mass is 32.2. The highest BCUT2D eigenvalue weighted by Crippen LogP contribution is 2.38. The number of hydrogen-bond acceptors (Lipinski definition) is 6. The van der Waals surface area contributed by atoms with Crippen molar-refractivity contribution in [1.29, 1.82) is 0 Å². The molecule has 1 aromatic rings. The van der Waals surface area contributed by atoms with E-state index in [9.17, 15) is 18.3 Å². The maximum absolute atomic E-state index is 13.3. The van der Waals surface area contributed by atoms with Crippen LogP contribution in [0.15, 0.2) is 57.8 Å². The fourth-order valence-electron chi connectivity index (χ4n) is 3.27. The second-order valence-corrected chi connectivity index (χ2v) is 7.79. The highest BCUT2D eigenvalue weighted by molar-refractivity contribution is 7.99. The number of alkyl halides is 3. The third kappa shape index (κ3) is 4.49. The first-order valence-electron chi connectivity index (χ1n) is 8.89. The molecule has 2 aliphatic rings. The van der Waals surface area contributed by atoms with E-state index in [2.05, 4.69) is 22.8 Å². The van der Waals surface area contributed by atoms with Crippen LogP contribution in [-0.4, -0.2) is 42.7 Å². The average Bonchev–Trinajstić information content (AvgIpc) is 3.09. The van der Waals surface area contributed by atoms with Gasteiger partial charge in [-0.25, -0.2) is 0 Å². The van der Waals surface area contributed by atoms with Gasteiger partial charge in [0.15, 0.2) is 17.2 Å². The van der Waals surface area contributed by atoms with Gasteiger partial charge in [0.2, 0.25) is 0 Å². The van der Waals surface area contributed by atoms with Crippen molar-refractivity contribution in [2.24, 2.45) is 0 Å².